The van der Waals surface area contributed by atoms with Crippen LogP contribution in [-0.2, 0) is 17.8 Å². The number of aromatic nitrogens is 3. The zero-order valence-electron chi connectivity index (χ0n) is 18.9. The van der Waals surface area contributed by atoms with E-state index in [1.165, 1.54) is 18.2 Å². The van der Waals surface area contributed by atoms with Gasteiger partial charge in [0.2, 0.25) is 5.91 Å². The third kappa shape index (κ3) is 4.96. The smallest absolute Gasteiger partial charge is 0.253 e. The number of carbonyl (C=O) groups excluding carboxylic acids is 2. The maximum Gasteiger partial charge on any atom is 0.253 e. The van der Waals surface area contributed by atoms with Gasteiger partial charge in [-0.25, -0.2) is 9.50 Å². The third-order valence-electron chi connectivity index (χ3n) is 5.92. The van der Waals surface area contributed by atoms with Crippen molar-refractivity contribution in [2.24, 2.45) is 5.92 Å². The summed E-state index contributed by atoms with van der Waals surface area (Å²) < 4.78 is 1.97. The molecule has 1 aliphatic heterocycles. The van der Waals surface area contributed by atoms with Gasteiger partial charge < -0.3 is 15.1 Å². The Hall–Kier alpha value is -3.26. The molecule has 1 aliphatic rings. The molecule has 1 aromatic carbocycles. The Morgan fingerprint density at radius 2 is 1.84 bits per heavy atom. The highest BCUT2D eigenvalue weighted by molar-refractivity contribution is 5.95. The molecule has 0 aliphatic carbocycles. The summed E-state index contributed by atoms with van der Waals surface area (Å²) in [5.41, 5.74) is 4.63. The normalized spacial score (nSPS) is 14.8. The monoisotopic (exact) mass is 434 g/mol. The molecule has 168 valence electrons. The molecule has 0 unspecified atom stereocenters. The lowest BCUT2D eigenvalue weighted by Gasteiger charge is -2.32. The lowest BCUT2D eigenvalue weighted by atomic mass is 9.90. The van der Waals surface area contributed by atoms with Crippen molar-refractivity contribution in [2.45, 2.75) is 32.7 Å². The number of rotatable bonds is 6. The van der Waals surface area contributed by atoms with Gasteiger partial charge in [0.15, 0.2) is 5.65 Å². The topological polar surface area (TPSA) is 82.8 Å². The number of anilines is 1. The molecule has 3 aromatic rings. The van der Waals surface area contributed by atoms with Gasteiger partial charge in [-0.1, -0.05) is 0 Å². The minimum absolute atomic E-state index is 0.0458. The average Bonchev–Trinajstić information content (AvgIpc) is 3.24. The van der Waals surface area contributed by atoms with Crippen LogP contribution in [0, 0.1) is 5.92 Å². The van der Waals surface area contributed by atoms with Crippen LogP contribution < -0.4 is 5.32 Å². The third-order valence-corrected chi connectivity index (χ3v) is 5.92. The highest BCUT2D eigenvalue weighted by Crippen LogP contribution is 2.25. The predicted molar refractivity (Wildman–Crippen MR) is 123 cm³/mol. The Balaban J connectivity index is 1.40. The van der Waals surface area contributed by atoms with Crippen molar-refractivity contribution in [3.8, 4) is 0 Å². The molecule has 1 N–H and O–H groups in total. The van der Waals surface area contributed by atoms with Gasteiger partial charge in [0.05, 0.1) is 11.9 Å². The number of carbonyl (C=O) groups is 2. The van der Waals surface area contributed by atoms with E-state index in [4.69, 9.17) is 0 Å². The quantitative estimate of drug-likeness (QED) is 0.645. The van der Waals surface area contributed by atoms with E-state index in [2.05, 4.69) is 34.4 Å². The van der Waals surface area contributed by atoms with Crippen LogP contribution in [0.15, 0.2) is 42.7 Å². The van der Waals surface area contributed by atoms with Crippen LogP contribution in [0.5, 0.6) is 0 Å². The van der Waals surface area contributed by atoms with E-state index >= 15 is 0 Å². The second-order valence-corrected chi connectivity index (χ2v) is 8.77. The Morgan fingerprint density at radius 3 is 2.50 bits per heavy atom. The van der Waals surface area contributed by atoms with Gasteiger partial charge in [-0.3, -0.25) is 9.59 Å². The summed E-state index contributed by atoms with van der Waals surface area (Å²) in [5, 5.41) is 7.23. The van der Waals surface area contributed by atoms with Gasteiger partial charge in [0.1, 0.15) is 0 Å². The van der Waals surface area contributed by atoms with E-state index in [1.54, 1.807) is 30.5 Å². The second-order valence-electron chi connectivity index (χ2n) is 8.77. The predicted octanol–water partition coefficient (Wildman–Crippen LogP) is 2.84. The Morgan fingerprint density at radius 1 is 1.12 bits per heavy atom. The molecule has 0 bridgehead atoms. The van der Waals surface area contributed by atoms with Gasteiger partial charge in [0.25, 0.3) is 5.91 Å². The fraction of sp³-hybridized carbons (Fsp3) is 0.417. The Bertz CT molecular complexity index is 1100. The second kappa shape index (κ2) is 9.48. The molecule has 2 amide bonds. The van der Waals surface area contributed by atoms with E-state index in [1.807, 2.05) is 21.7 Å². The maximum absolute atomic E-state index is 12.9. The number of hydrogen-bond donors (Lipinski definition) is 1. The lowest BCUT2D eigenvalue weighted by molar-refractivity contribution is -0.114. The molecule has 2 aromatic heterocycles. The molecule has 0 radical (unpaired) electrons. The molecule has 32 heavy (non-hydrogen) atoms. The van der Waals surface area contributed by atoms with E-state index in [0.717, 1.165) is 44.5 Å². The van der Waals surface area contributed by atoms with Gasteiger partial charge in [-0.15, -0.1) is 0 Å². The number of nitrogens with zero attached hydrogens (tertiary/aromatic N) is 5. The number of hydrogen-bond acceptors (Lipinski definition) is 5. The van der Waals surface area contributed by atoms with Crippen LogP contribution in [0.1, 0.15) is 41.4 Å². The molecule has 3 heterocycles. The Kier molecular flexibility index (Phi) is 6.50. The zero-order valence-corrected chi connectivity index (χ0v) is 18.9. The number of amides is 2. The molecular weight excluding hydrogens is 404 g/mol. The Labute approximate surface area is 188 Å². The summed E-state index contributed by atoms with van der Waals surface area (Å²) in [6.07, 6.45) is 6.61. The largest absolute Gasteiger partial charge is 0.339 e. The highest BCUT2D eigenvalue weighted by atomic mass is 16.2. The SMILES string of the molecule is CC(=O)Nc1ccc(C(=O)N2CCC(Cc3c(CN(C)C)cnc4ccnn34)CC2)cc1. The van der Waals surface area contributed by atoms with Gasteiger partial charge in [-0.2, -0.15) is 5.10 Å². The maximum atomic E-state index is 12.9. The van der Waals surface area contributed by atoms with Crippen LogP contribution in [-0.4, -0.2) is 63.4 Å². The summed E-state index contributed by atoms with van der Waals surface area (Å²) in [7, 11) is 4.12. The van der Waals surface area contributed by atoms with Crippen LogP contribution in [0.4, 0.5) is 5.69 Å². The summed E-state index contributed by atoms with van der Waals surface area (Å²) in [6.45, 7) is 3.78. The van der Waals surface area contributed by atoms with Crippen LogP contribution in [0.3, 0.4) is 0 Å². The first-order chi connectivity index (χ1) is 15.4. The van der Waals surface area contributed by atoms with Crippen molar-refractivity contribution in [3.63, 3.8) is 0 Å². The minimum Gasteiger partial charge on any atom is -0.339 e. The molecular formula is C24H30N6O2. The summed E-state index contributed by atoms with van der Waals surface area (Å²) in [6, 6.07) is 9.03. The van der Waals surface area contributed by atoms with Crippen LogP contribution >= 0.6 is 0 Å². The molecule has 8 heteroatoms. The molecule has 1 saturated heterocycles. The number of likely N-dealkylation sites (tertiary alicyclic amines) is 1. The van der Waals surface area contributed by atoms with Crippen molar-refractivity contribution in [3.05, 3.63) is 59.5 Å². The molecule has 0 atom stereocenters. The first-order valence-electron chi connectivity index (χ1n) is 11.0. The summed E-state index contributed by atoms with van der Waals surface area (Å²) in [4.78, 5) is 32.7. The van der Waals surface area contributed by atoms with Gasteiger partial charge >= 0.3 is 0 Å². The molecule has 0 spiro atoms. The minimum atomic E-state index is -0.124. The molecule has 1 fully saturated rings. The van der Waals surface area contributed by atoms with Crippen molar-refractivity contribution < 1.29 is 9.59 Å². The van der Waals surface area contributed by atoms with Crippen molar-refractivity contribution in [1.29, 1.82) is 0 Å². The molecule has 8 nitrogen and oxygen atoms in total. The van der Waals surface area contributed by atoms with E-state index in [0.29, 0.717) is 17.2 Å². The van der Waals surface area contributed by atoms with E-state index in [9.17, 15) is 9.59 Å². The summed E-state index contributed by atoms with van der Waals surface area (Å²) >= 11 is 0. The lowest BCUT2D eigenvalue weighted by Crippen LogP contribution is -2.39. The molecule has 0 saturated carbocycles. The van der Waals surface area contributed by atoms with Crippen LogP contribution in [0.25, 0.3) is 5.65 Å². The van der Waals surface area contributed by atoms with Crippen molar-refractivity contribution in [2.75, 3.05) is 32.5 Å². The zero-order chi connectivity index (χ0) is 22.7. The van der Waals surface area contributed by atoms with E-state index in [-0.39, 0.29) is 11.8 Å². The molecule has 4 rings (SSSR count). The van der Waals surface area contributed by atoms with Crippen LogP contribution in [0.2, 0.25) is 0 Å². The summed E-state index contributed by atoms with van der Waals surface area (Å²) in [5.74, 6) is 0.419. The fourth-order valence-electron chi connectivity index (χ4n) is 4.34. The number of nitrogens with one attached hydrogen (secondary N) is 1. The van der Waals surface area contributed by atoms with Gasteiger partial charge in [-0.05, 0) is 63.5 Å². The first kappa shape index (κ1) is 22.0. The number of benzene rings is 1. The van der Waals surface area contributed by atoms with E-state index < -0.39 is 0 Å². The number of fused-ring (bicyclic) bond motifs is 1. The van der Waals surface area contributed by atoms with Crippen molar-refractivity contribution >= 4 is 23.1 Å². The number of piperidine rings is 1. The van der Waals surface area contributed by atoms with Gasteiger partial charge in [0, 0.05) is 55.6 Å². The first-order valence-corrected chi connectivity index (χ1v) is 11.0. The van der Waals surface area contributed by atoms with Crippen molar-refractivity contribution in [1.82, 2.24) is 24.4 Å². The highest BCUT2D eigenvalue weighted by Gasteiger charge is 2.25. The fourth-order valence-corrected chi connectivity index (χ4v) is 4.34. The standard InChI is InChI=1S/C24H30N6O2/c1-17(31)27-21-6-4-19(5-7-21)24(32)29-12-9-18(10-13-29)14-22-20(16-28(2)3)15-25-23-8-11-26-30(22)23/h4-8,11,15,18H,9-10,12-14,16H2,1-3H3,(H,27,31). The average molecular weight is 435 g/mol.